The first-order chi connectivity index (χ1) is 7.52. The van der Waals surface area contributed by atoms with Crippen LogP contribution in [0.4, 0.5) is 0 Å². The minimum Gasteiger partial charge on any atom is -0.507 e. The van der Waals surface area contributed by atoms with Crippen LogP contribution in [0.1, 0.15) is 10.4 Å². The number of carboxylic acids is 1. The Morgan fingerprint density at radius 3 is 2.25 bits per heavy atom. The summed E-state index contributed by atoms with van der Waals surface area (Å²) in [5.74, 6) is -1.02. The van der Waals surface area contributed by atoms with Crippen molar-refractivity contribution in [1.29, 1.82) is 0 Å². The van der Waals surface area contributed by atoms with E-state index in [2.05, 4.69) is 0 Å². The summed E-state index contributed by atoms with van der Waals surface area (Å²) in [5, 5.41) is 16.9. The number of phenols is 1. The van der Waals surface area contributed by atoms with Gasteiger partial charge in [-0.25, -0.2) is 0 Å². The second-order valence-corrected chi connectivity index (χ2v) is 2.86. The second-order valence-electron chi connectivity index (χ2n) is 2.86. The molecule has 1 unspecified atom stereocenters. The molecule has 0 bridgehead atoms. The third-order valence-electron chi connectivity index (χ3n) is 1.63. The highest BCUT2D eigenvalue weighted by molar-refractivity contribution is 5.78. The molecule has 0 aliphatic rings. The zero-order valence-electron chi connectivity index (χ0n) is 8.54. The summed E-state index contributed by atoms with van der Waals surface area (Å²) in [7, 11) is 0. The third-order valence-corrected chi connectivity index (χ3v) is 1.63. The molecule has 0 fully saturated rings. The maximum Gasteiger partial charge on any atom is 0.321 e. The van der Waals surface area contributed by atoms with Crippen LogP contribution in [0.3, 0.4) is 0 Å². The van der Waals surface area contributed by atoms with Crippen LogP contribution in [0.15, 0.2) is 24.3 Å². The van der Waals surface area contributed by atoms with Crippen LogP contribution in [0.25, 0.3) is 0 Å². The van der Waals surface area contributed by atoms with Gasteiger partial charge in [-0.3, -0.25) is 9.59 Å². The molecule has 0 saturated carbocycles. The lowest BCUT2D eigenvalue weighted by atomic mass is 10.2. The van der Waals surface area contributed by atoms with Crippen molar-refractivity contribution in [2.24, 2.45) is 11.5 Å². The standard InChI is InChI=1S/C7H6O2.C3H8N2O2/c8-5-6-3-1-2-4-7(6)9;4-1-2(5)3(6)7/h1-5,9H;2H,1,4-5H2,(H,6,7). The van der Waals surface area contributed by atoms with E-state index in [1.165, 1.54) is 6.07 Å². The fraction of sp³-hybridized carbons (Fsp3) is 0.200. The van der Waals surface area contributed by atoms with E-state index in [9.17, 15) is 9.59 Å². The zero-order chi connectivity index (χ0) is 12.6. The smallest absolute Gasteiger partial charge is 0.321 e. The largest absolute Gasteiger partial charge is 0.507 e. The lowest BCUT2D eigenvalue weighted by molar-refractivity contribution is -0.138. The average molecular weight is 226 g/mol. The highest BCUT2D eigenvalue weighted by atomic mass is 16.4. The van der Waals surface area contributed by atoms with Crippen molar-refractivity contribution < 1.29 is 19.8 Å². The molecule has 0 amide bonds. The summed E-state index contributed by atoms with van der Waals surface area (Å²) in [4.78, 5) is 19.8. The quantitative estimate of drug-likeness (QED) is 0.517. The van der Waals surface area contributed by atoms with E-state index >= 15 is 0 Å². The lowest BCUT2D eigenvalue weighted by Gasteiger charge is -1.97. The Bertz CT molecular complexity index is 354. The molecule has 6 heteroatoms. The Morgan fingerprint density at radius 2 is 2.00 bits per heavy atom. The zero-order valence-corrected chi connectivity index (χ0v) is 8.54. The van der Waals surface area contributed by atoms with Gasteiger partial charge < -0.3 is 21.7 Å². The van der Waals surface area contributed by atoms with Crippen molar-refractivity contribution in [3.05, 3.63) is 29.8 Å². The van der Waals surface area contributed by atoms with Crippen LogP contribution >= 0.6 is 0 Å². The highest BCUT2D eigenvalue weighted by Gasteiger charge is 2.05. The second kappa shape index (κ2) is 7.38. The van der Waals surface area contributed by atoms with Gasteiger partial charge in [-0.1, -0.05) is 12.1 Å². The average Bonchev–Trinajstić information content (AvgIpc) is 2.29. The number of para-hydroxylation sites is 1. The summed E-state index contributed by atoms with van der Waals surface area (Å²) < 4.78 is 0. The molecule has 0 radical (unpaired) electrons. The van der Waals surface area contributed by atoms with E-state index in [0.29, 0.717) is 11.8 Å². The molecule has 0 spiro atoms. The first-order valence-electron chi connectivity index (χ1n) is 4.44. The van der Waals surface area contributed by atoms with Gasteiger partial charge in [0, 0.05) is 6.54 Å². The van der Waals surface area contributed by atoms with Gasteiger partial charge in [0.1, 0.15) is 11.8 Å². The van der Waals surface area contributed by atoms with E-state index in [0.717, 1.165) is 0 Å². The summed E-state index contributed by atoms with van der Waals surface area (Å²) in [6.07, 6.45) is 0.620. The summed E-state index contributed by atoms with van der Waals surface area (Å²) in [5.41, 5.74) is 10.1. The Balaban J connectivity index is 0.000000293. The van der Waals surface area contributed by atoms with Crippen LogP contribution in [-0.4, -0.2) is 35.1 Å². The van der Waals surface area contributed by atoms with Crippen molar-refractivity contribution in [3.63, 3.8) is 0 Å². The number of aldehydes is 1. The number of aromatic hydroxyl groups is 1. The molecule has 0 aliphatic heterocycles. The van der Waals surface area contributed by atoms with Gasteiger partial charge in [-0.15, -0.1) is 0 Å². The van der Waals surface area contributed by atoms with Gasteiger partial charge in [0.05, 0.1) is 5.56 Å². The molecule has 0 heterocycles. The molecule has 1 rings (SSSR count). The van der Waals surface area contributed by atoms with Gasteiger partial charge in [0.15, 0.2) is 6.29 Å². The van der Waals surface area contributed by atoms with Gasteiger partial charge in [0.25, 0.3) is 0 Å². The summed E-state index contributed by atoms with van der Waals surface area (Å²) in [6.45, 7) is -0.00463. The minimum absolute atomic E-state index is 0.00463. The molecule has 1 aromatic carbocycles. The molecule has 6 nitrogen and oxygen atoms in total. The van der Waals surface area contributed by atoms with Crippen LogP contribution in [0, 0.1) is 0 Å². The Labute approximate surface area is 92.5 Å². The van der Waals surface area contributed by atoms with E-state index in [1.54, 1.807) is 18.2 Å². The summed E-state index contributed by atoms with van der Waals surface area (Å²) >= 11 is 0. The Kier molecular flexibility index (Phi) is 6.50. The maximum absolute atomic E-state index is 10.1. The number of carbonyl (C=O) groups is 2. The first-order valence-corrected chi connectivity index (χ1v) is 4.44. The highest BCUT2D eigenvalue weighted by Crippen LogP contribution is 2.11. The van der Waals surface area contributed by atoms with E-state index in [-0.39, 0.29) is 12.3 Å². The molecule has 0 aromatic heterocycles. The number of nitrogens with two attached hydrogens (primary N) is 2. The number of carboxylic acid groups (broad SMARTS) is 1. The normalized spacial score (nSPS) is 10.9. The van der Waals surface area contributed by atoms with Crippen LogP contribution in [0.2, 0.25) is 0 Å². The van der Waals surface area contributed by atoms with Crippen molar-refractivity contribution in [1.82, 2.24) is 0 Å². The van der Waals surface area contributed by atoms with Gasteiger partial charge >= 0.3 is 5.97 Å². The van der Waals surface area contributed by atoms with E-state index in [1.807, 2.05) is 0 Å². The topological polar surface area (TPSA) is 127 Å². The molecule has 88 valence electrons. The number of carbonyl (C=O) groups excluding carboxylic acids is 1. The fourth-order valence-electron chi connectivity index (χ4n) is 0.688. The monoisotopic (exact) mass is 226 g/mol. The third kappa shape index (κ3) is 5.08. The van der Waals surface area contributed by atoms with Gasteiger partial charge in [-0.05, 0) is 12.1 Å². The van der Waals surface area contributed by atoms with Crippen molar-refractivity contribution in [3.8, 4) is 5.75 Å². The molecule has 0 saturated heterocycles. The lowest BCUT2D eigenvalue weighted by Crippen LogP contribution is -2.37. The van der Waals surface area contributed by atoms with Crippen LogP contribution < -0.4 is 11.5 Å². The molecule has 6 N–H and O–H groups in total. The predicted molar refractivity (Wildman–Crippen MR) is 58.2 cm³/mol. The van der Waals surface area contributed by atoms with E-state index in [4.69, 9.17) is 21.7 Å². The van der Waals surface area contributed by atoms with Crippen molar-refractivity contribution >= 4 is 12.3 Å². The fourth-order valence-corrected chi connectivity index (χ4v) is 0.688. The minimum atomic E-state index is -1.05. The van der Waals surface area contributed by atoms with E-state index < -0.39 is 12.0 Å². The molecule has 1 atom stereocenters. The first kappa shape index (κ1) is 14.1. The number of phenolic OH excluding ortho intramolecular Hbond substituents is 1. The Morgan fingerprint density at radius 1 is 1.44 bits per heavy atom. The predicted octanol–water partition coefficient (Wildman–Crippen LogP) is -0.438. The number of benzene rings is 1. The Hall–Kier alpha value is -1.92. The molecule has 0 aliphatic carbocycles. The van der Waals surface area contributed by atoms with Crippen molar-refractivity contribution in [2.45, 2.75) is 6.04 Å². The van der Waals surface area contributed by atoms with Crippen molar-refractivity contribution in [2.75, 3.05) is 6.54 Å². The maximum atomic E-state index is 10.1. The SMILES string of the molecule is NCC(N)C(=O)O.O=Cc1ccccc1O. The van der Waals surface area contributed by atoms with Crippen LogP contribution in [-0.2, 0) is 4.79 Å². The number of aliphatic carboxylic acids is 1. The molecule has 1 aromatic rings. The van der Waals surface area contributed by atoms with Gasteiger partial charge in [0.2, 0.25) is 0 Å². The number of rotatable bonds is 3. The number of hydrogen-bond donors (Lipinski definition) is 4. The van der Waals surface area contributed by atoms with Gasteiger partial charge in [-0.2, -0.15) is 0 Å². The summed E-state index contributed by atoms with van der Waals surface area (Å²) in [6, 6.07) is 5.50. The van der Waals surface area contributed by atoms with Crippen LogP contribution in [0.5, 0.6) is 5.75 Å². The molecule has 16 heavy (non-hydrogen) atoms. The molecular formula is C10H14N2O4. The molecular weight excluding hydrogens is 212 g/mol. The number of hydrogen-bond acceptors (Lipinski definition) is 5.